The molecule has 4 rings (SSSR count). The monoisotopic (exact) mass is 399 g/mol. The van der Waals surface area contributed by atoms with Crippen LogP contribution in [0.4, 0.5) is 11.4 Å². The van der Waals surface area contributed by atoms with Gasteiger partial charge in [-0.3, -0.25) is 14.6 Å². The van der Waals surface area contributed by atoms with E-state index in [0.717, 1.165) is 29.8 Å². The molecule has 0 unspecified atom stereocenters. The fourth-order valence-corrected chi connectivity index (χ4v) is 3.96. The number of aryl methyl sites for hydroxylation is 2. The lowest BCUT2D eigenvalue weighted by molar-refractivity contribution is 0.0980. The van der Waals surface area contributed by atoms with Crippen LogP contribution in [0.25, 0.3) is 0 Å². The summed E-state index contributed by atoms with van der Waals surface area (Å²) in [4.78, 5) is 34.2. The fourth-order valence-electron chi connectivity index (χ4n) is 3.96. The van der Waals surface area contributed by atoms with Crippen LogP contribution >= 0.6 is 0 Å². The van der Waals surface area contributed by atoms with Crippen LogP contribution < -0.4 is 9.80 Å². The summed E-state index contributed by atoms with van der Waals surface area (Å²) in [7, 11) is 0. The second-order valence-corrected chi connectivity index (χ2v) is 7.51. The van der Waals surface area contributed by atoms with E-state index in [1.807, 2.05) is 56.3 Å². The molecule has 2 heterocycles. The van der Waals surface area contributed by atoms with Gasteiger partial charge in [-0.05, 0) is 68.1 Å². The molecule has 2 aromatic carbocycles. The minimum Gasteiger partial charge on any atom is -0.309 e. The lowest BCUT2D eigenvalue weighted by Gasteiger charge is -2.29. The molecule has 0 N–H and O–H groups in total. The summed E-state index contributed by atoms with van der Waals surface area (Å²) in [5.41, 5.74) is 4.79. The second kappa shape index (κ2) is 8.49. The largest absolute Gasteiger partial charge is 0.309 e. The molecule has 0 saturated carbocycles. The van der Waals surface area contributed by atoms with Crippen molar-refractivity contribution in [1.29, 1.82) is 0 Å². The van der Waals surface area contributed by atoms with E-state index in [1.54, 1.807) is 28.1 Å². The average Bonchev–Trinajstić information content (AvgIpc) is 2.79. The summed E-state index contributed by atoms with van der Waals surface area (Å²) in [5.74, 6) is -0.311. The number of carbonyl (C=O) groups excluding carboxylic acids is 2. The van der Waals surface area contributed by atoms with Gasteiger partial charge in [0.05, 0.1) is 0 Å². The third kappa shape index (κ3) is 3.83. The van der Waals surface area contributed by atoms with E-state index in [2.05, 4.69) is 11.1 Å². The molecule has 5 heteroatoms. The molecule has 1 aliphatic rings. The Morgan fingerprint density at radius 3 is 2.70 bits per heavy atom. The van der Waals surface area contributed by atoms with Crippen LogP contribution in [-0.4, -0.2) is 29.9 Å². The minimum atomic E-state index is -0.171. The highest BCUT2D eigenvalue weighted by molar-refractivity contribution is 6.09. The molecule has 152 valence electrons. The topological polar surface area (TPSA) is 53.5 Å². The smallest absolute Gasteiger partial charge is 0.276 e. The van der Waals surface area contributed by atoms with E-state index in [-0.39, 0.29) is 17.5 Å². The van der Waals surface area contributed by atoms with Crippen LogP contribution in [0.1, 0.15) is 45.3 Å². The van der Waals surface area contributed by atoms with Crippen LogP contribution in [0, 0.1) is 6.92 Å². The van der Waals surface area contributed by atoms with Crippen molar-refractivity contribution in [2.45, 2.75) is 26.7 Å². The zero-order chi connectivity index (χ0) is 21.1. The number of hydrogen-bond acceptors (Lipinski definition) is 3. The normalized spacial score (nSPS) is 12.9. The number of aromatic nitrogens is 1. The van der Waals surface area contributed by atoms with Gasteiger partial charge in [0.1, 0.15) is 5.69 Å². The number of para-hydroxylation sites is 1. The molecule has 2 amide bonds. The maximum absolute atomic E-state index is 13.2. The van der Waals surface area contributed by atoms with Crippen molar-refractivity contribution in [2.75, 3.05) is 22.9 Å². The van der Waals surface area contributed by atoms with Gasteiger partial charge < -0.3 is 9.80 Å². The van der Waals surface area contributed by atoms with Crippen molar-refractivity contribution >= 4 is 23.2 Å². The number of carbonyl (C=O) groups is 2. The molecule has 0 aliphatic carbocycles. The van der Waals surface area contributed by atoms with Gasteiger partial charge in [-0.1, -0.05) is 30.3 Å². The highest BCUT2D eigenvalue weighted by atomic mass is 16.2. The molecular formula is C25H25N3O2. The van der Waals surface area contributed by atoms with E-state index in [1.165, 1.54) is 5.56 Å². The molecule has 0 fully saturated rings. The molecule has 0 saturated heterocycles. The predicted molar refractivity (Wildman–Crippen MR) is 119 cm³/mol. The SMILES string of the molecule is CCN(C(=O)c1ccnc(C(=O)N2CCCc3ccccc32)c1)c1cccc(C)c1. The Morgan fingerprint density at radius 2 is 1.90 bits per heavy atom. The first-order valence-corrected chi connectivity index (χ1v) is 10.3. The molecule has 0 radical (unpaired) electrons. The van der Waals surface area contributed by atoms with Gasteiger partial charge in [0.15, 0.2) is 0 Å². The quantitative estimate of drug-likeness (QED) is 0.642. The molecule has 5 nitrogen and oxygen atoms in total. The zero-order valence-corrected chi connectivity index (χ0v) is 17.3. The summed E-state index contributed by atoms with van der Waals surface area (Å²) in [6.45, 7) is 5.13. The Bertz CT molecular complexity index is 1090. The molecule has 30 heavy (non-hydrogen) atoms. The summed E-state index contributed by atoms with van der Waals surface area (Å²) in [5, 5.41) is 0. The summed E-state index contributed by atoms with van der Waals surface area (Å²) < 4.78 is 0. The Kier molecular flexibility index (Phi) is 5.61. The molecule has 3 aromatic rings. The predicted octanol–water partition coefficient (Wildman–Crippen LogP) is 4.65. The molecule has 1 aromatic heterocycles. The van der Waals surface area contributed by atoms with E-state index < -0.39 is 0 Å². The zero-order valence-electron chi connectivity index (χ0n) is 17.3. The lowest BCUT2D eigenvalue weighted by atomic mass is 10.0. The first kappa shape index (κ1) is 19.8. The highest BCUT2D eigenvalue weighted by Gasteiger charge is 2.25. The first-order valence-electron chi connectivity index (χ1n) is 10.3. The number of hydrogen-bond donors (Lipinski definition) is 0. The standard InChI is InChI=1S/C25H25N3O2/c1-3-27(21-11-6-8-18(2)16-21)24(29)20-13-14-26-22(17-20)25(30)28-15-7-10-19-9-4-5-12-23(19)28/h4-6,8-9,11-14,16-17H,3,7,10,15H2,1-2H3. The van der Waals surface area contributed by atoms with Gasteiger partial charge in [0, 0.05) is 36.2 Å². The van der Waals surface area contributed by atoms with Crippen molar-refractivity contribution in [3.05, 3.63) is 89.2 Å². The molecule has 1 aliphatic heterocycles. The number of fused-ring (bicyclic) bond motifs is 1. The van der Waals surface area contributed by atoms with Crippen molar-refractivity contribution in [3.63, 3.8) is 0 Å². The summed E-state index contributed by atoms with van der Waals surface area (Å²) in [6.07, 6.45) is 3.42. The third-order valence-electron chi connectivity index (χ3n) is 5.46. The molecule has 0 atom stereocenters. The van der Waals surface area contributed by atoms with Crippen LogP contribution in [0.5, 0.6) is 0 Å². The van der Waals surface area contributed by atoms with Gasteiger partial charge in [-0.15, -0.1) is 0 Å². The number of amides is 2. The Balaban J connectivity index is 1.63. The first-order chi connectivity index (χ1) is 14.6. The van der Waals surface area contributed by atoms with Crippen LogP contribution in [0.15, 0.2) is 66.9 Å². The van der Waals surface area contributed by atoms with Crippen molar-refractivity contribution < 1.29 is 9.59 Å². The van der Waals surface area contributed by atoms with Crippen molar-refractivity contribution in [1.82, 2.24) is 4.98 Å². The summed E-state index contributed by atoms with van der Waals surface area (Å²) >= 11 is 0. The minimum absolute atomic E-state index is 0.140. The van der Waals surface area contributed by atoms with Crippen LogP contribution in [-0.2, 0) is 6.42 Å². The van der Waals surface area contributed by atoms with Gasteiger partial charge in [0.25, 0.3) is 11.8 Å². The lowest BCUT2D eigenvalue weighted by Crippen LogP contribution is -2.36. The number of pyridine rings is 1. The van der Waals surface area contributed by atoms with E-state index in [4.69, 9.17) is 0 Å². The molecular weight excluding hydrogens is 374 g/mol. The average molecular weight is 399 g/mol. The third-order valence-corrected chi connectivity index (χ3v) is 5.46. The number of benzene rings is 2. The van der Waals surface area contributed by atoms with Crippen molar-refractivity contribution in [3.8, 4) is 0 Å². The fraction of sp³-hybridized carbons (Fsp3) is 0.240. The van der Waals surface area contributed by atoms with Gasteiger partial charge in [0.2, 0.25) is 0 Å². The number of rotatable bonds is 4. The summed E-state index contributed by atoms with van der Waals surface area (Å²) in [6, 6.07) is 19.1. The number of anilines is 2. The Hall–Kier alpha value is -3.47. The van der Waals surface area contributed by atoms with Crippen LogP contribution in [0.2, 0.25) is 0 Å². The second-order valence-electron chi connectivity index (χ2n) is 7.51. The Morgan fingerprint density at radius 1 is 1.07 bits per heavy atom. The van der Waals surface area contributed by atoms with E-state index in [0.29, 0.717) is 18.7 Å². The van der Waals surface area contributed by atoms with Gasteiger partial charge in [-0.25, -0.2) is 0 Å². The van der Waals surface area contributed by atoms with E-state index >= 15 is 0 Å². The highest BCUT2D eigenvalue weighted by Crippen LogP contribution is 2.28. The number of nitrogens with zero attached hydrogens (tertiary/aromatic N) is 3. The van der Waals surface area contributed by atoms with E-state index in [9.17, 15) is 9.59 Å². The van der Waals surface area contributed by atoms with Gasteiger partial charge in [-0.2, -0.15) is 0 Å². The Labute approximate surface area is 177 Å². The van der Waals surface area contributed by atoms with Gasteiger partial charge >= 0.3 is 0 Å². The van der Waals surface area contributed by atoms with Crippen LogP contribution in [0.3, 0.4) is 0 Å². The maximum atomic E-state index is 13.2. The molecule has 0 bridgehead atoms. The maximum Gasteiger partial charge on any atom is 0.276 e. The van der Waals surface area contributed by atoms with Crippen molar-refractivity contribution in [2.24, 2.45) is 0 Å². The molecule has 0 spiro atoms.